The van der Waals surface area contributed by atoms with E-state index in [4.69, 9.17) is 0 Å². The van der Waals surface area contributed by atoms with Gasteiger partial charge in [-0.25, -0.2) is 0 Å². The Kier molecular flexibility index (Phi) is 9.98. The van der Waals surface area contributed by atoms with Gasteiger partial charge in [0.05, 0.1) is 0 Å². The predicted octanol–water partition coefficient (Wildman–Crippen LogP) is -0.244. The van der Waals surface area contributed by atoms with Gasteiger partial charge in [0.15, 0.2) is 6.61 Å². The van der Waals surface area contributed by atoms with Crippen LogP contribution in [0.2, 0.25) is 0 Å². The number of halogens is 6. The van der Waals surface area contributed by atoms with Crippen molar-refractivity contribution < 1.29 is 74.8 Å². The topological polar surface area (TPSA) is 296 Å². The first-order chi connectivity index (χ1) is 16.5. The summed E-state index contributed by atoms with van der Waals surface area (Å²) in [4.78, 5) is 49.1. The van der Waals surface area contributed by atoms with Crippen molar-refractivity contribution in [1.82, 2.24) is 0 Å². The maximum atomic E-state index is 14.0. The third kappa shape index (κ3) is 7.91. The molecule has 0 aromatic rings. The summed E-state index contributed by atoms with van der Waals surface area (Å²) in [6.45, 7) is -11.5. The standard InChI is InChI=1S/C9H8F6N6O16/c10-5(11,12)1-34-9(35-2-6(13,16(22)23)17(24)25,36-3-7(14,18(26)27)19(28)29)37-4-8(15,20(30)31)21(32)33/h1-4H2. The van der Waals surface area contributed by atoms with Gasteiger partial charge in [-0.2, -0.15) is 13.2 Å². The van der Waals surface area contributed by atoms with Crippen LogP contribution in [0.15, 0.2) is 0 Å². The molecule has 0 bridgehead atoms. The SMILES string of the molecule is O=[N+]([O-])C(F)(COC(OCC(F)(F)F)(OCC(F)([N+](=O)[O-])[N+](=O)[O-])OCC(F)([N+](=O)[O-])[N+](=O)[O-])[N+](=O)[O-]. The van der Waals surface area contributed by atoms with Crippen molar-refractivity contribution in [1.29, 1.82) is 0 Å². The Morgan fingerprint density at radius 1 is 0.432 bits per heavy atom. The number of hydrogen-bond acceptors (Lipinski definition) is 16. The van der Waals surface area contributed by atoms with Crippen molar-refractivity contribution in [2.75, 3.05) is 26.4 Å². The number of ether oxygens (including phenoxy) is 4. The van der Waals surface area contributed by atoms with Gasteiger partial charge in [0.2, 0.25) is 19.8 Å². The molecular weight excluding hydrogens is 562 g/mol. The van der Waals surface area contributed by atoms with Gasteiger partial charge in [-0.1, -0.05) is 13.2 Å². The van der Waals surface area contributed by atoms with Crippen LogP contribution in [0.3, 0.4) is 0 Å². The quantitative estimate of drug-likeness (QED) is 0.0716. The molecule has 0 aromatic carbocycles. The second-order valence-electron chi connectivity index (χ2n) is 5.97. The summed E-state index contributed by atoms with van der Waals surface area (Å²) in [6, 6.07) is 0. The molecule has 0 heterocycles. The van der Waals surface area contributed by atoms with Crippen molar-refractivity contribution in [2.45, 2.75) is 30.1 Å². The molecule has 37 heavy (non-hydrogen) atoms. The van der Waals surface area contributed by atoms with E-state index in [0.717, 1.165) is 0 Å². The lowest BCUT2D eigenvalue weighted by atomic mass is 10.5. The van der Waals surface area contributed by atoms with Crippen LogP contribution in [0.25, 0.3) is 0 Å². The number of nitro groups is 6. The molecule has 0 radical (unpaired) electrons. The fraction of sp³-hybridized carbons (Fsp3) is 1.00. The molecule has 0 aliphatic carbocycles. The summed E-state index contributed by atoms with van der Waals surface area (Å²) in [5.41, 5.74) is 0. The molecule has 0 rings (SSSR count). The number of rotatable bonds is 17. The normalized spacial score (nSPS) is 13.1. The predicted molar refractivity (Wildman–Crippen MR) is 86.1 cm³/mol. The zero-order chi connectivity index (χ0) is 29.6. The van der Waals surface area contributed by atoms with Crippen LogP contribution in [0.1, 0.15) is 0 Å². The molecule has 0 aliphatic rings. The molecule has 22 nitrogen and oxygen atoms in total. The van der Waals surface area contributed by atoms with Crippen molar-refractivity contribution in [3.8, 4) is 0 Å². The van der Waals surface area contributed by atoms with Gasteiger partial charge in [0.25, 0.3) is 0 Å². The highest BCUT2D eigenvalue weighted by molar-refractivity contribution is 4.60. The first-order valence-electron chi connectivity index (χ1n) is 8.05. The van der Waals surface area contributed by atoms with Crippen molar-refractivity contribution in [2.24, 2.45) is 0 Å². The molecule has 0 saturated heterocycles. The Labute approximate surface area is 193 Å². The van der Waals surface area contributed by atoms with E-state index in [1.807, 2.05) is 0 Å². The van der Waals surface area contributed by atoms with Crippen LogP contribution in [-0.4, -0.2) is 86.1 Å². The van der Waals surface area contributed by atoms with Gasteiger partial charge >= 0.3 is 30.1 Å². The first kappa shape index (κ1) is 32.8. The largest absolute Gasteiger partial charge is 0.638 e. The highest BCUT2D eigenvalue weighted by Crippen LogP contribution is 2.30. The van der Waals surface area contributed by atoms with Gasteiger partial charge in [0.1, 0.15) is 29.5 Å². The molecule has 0 spiro atoms. The van der Waals surface area contributed by atoms with Crippen molar-refractivity contribution in [3.63, 3.8) is 0 Å². The molecule has 0 unspecified atom stereocenters. The molecule has 212 valence electrons. The van der Waals surface area contributed by atoms with E-state index in [2.05, 4.69) is 18.9 Å². The van der Waals surface area contributed by atoms with Crippen molar-refractivity contribution >= 4 is 0 Å². The fourth-order valence-corrected chi connectivity index (χ4v) is 1.48. The Balaban J connectivity index is 6.72. The summed E-state index contributed by atoms with van der Waals surface area (Å²) < 4.78 is 94.8. The van der Waals surface area contributed by atoms with E-state index in [1.54, 1.807) is 0 Å². The minimum Gasteiger partial charge on any atom is -0.294 e. The fourth-order valence-electron chi connectivity index (χ4n) is 1.48. The minimum absolute atomic E-state index is 2.44. The third-order valence-electron chi connectivity index (χ3n) is 3.39. The molecule has 28 heteroatoms. The van der Waals surface area contributed by atoms with E-state index in [9.17, 15) is 87.0 Å². The van der Waals surface area contributed by atoms with Crippen LogP contribution in [0.5, 0.6) is 0 Å². The maximum Gasteiger partial charge on any atom is 0.638 e. The number of hydrogen-bond donors (Lipinski definition) is 0. The average Bonchev–Trinajstić information content (AvgIpc) is 2.75. The lowest BCUT2D eigenvalue weighted by Gasteiger charge is -2.31. The van der Waals surface area contributed by atoms with Gasteiger partial charge in [-0.3, -0.25) is 79.6 Å². The highest BCUT2D eigenvalue weighted by atomic mass is 19.4. The van der Waals surface area contributed by atoms with E-state index in [-0.39, 0.29) is 0 Å². The van der Waals surface area contributed by atoms with Crippen LogP contribution in [-0.2, 0) is 18.9 Å². The monoisotopic (exact) mass is 570 g/mol. The van der Waals surface area contributed by atoms with Gasteiger partial charge in [0, 0.05) is 0 Å². The van der Waals surface area contributed by atoms with Crippen LogP contribution in [0.4, 0.5) is 26.3 Å². The van der Waals surface area contributed by atoms with E-state index in [0.29, 0.717) is 0 Å². The van der Waals surface area contributed by atoms with Crippen LogP contribution >= 0.6 is 0 Å². The summed E-state index contributed by atoms with van der Waals surface area (Å²) in [5, 5.41) is 63.7. The summed E-state index contributed by atoms with van der Waals surface area (Å²) >= 11 is 0. The second kappa shape index (κ2) is 11.3. The Morgan fingerprint density at radius 3 is 0.784 bits per heavy atom. The molecular formula is C9H8F6N6O16. The van der Waals surface area contributed by atoms with E-state index >= 15 is 0 Å². The Bertz CT molecular complexity index is 802. The molecule has 0 amide bonds. The minimum atomic E-state index is -5.65. The molecule has 0 saturated carbocycles. The summed E-state index contributed by atoms with van der Waals surface area (Å²) in [5.74, 6) is -15.3. The third-order valence-corrected chi connectivity index (χ3v) is 3.39. The zero-order valence-electron chi connectivity index (χ0n) is 16.8. The summed E-state index contributed by atoms with van der Waals surface area (Å²) in [6.07, 6.45) is -10.5. The van der Waals surface area contributed by atoms with Gasteiger partial charge in [-0.15, -0.1) is 0 Å². The first-order valence-corrected chi connectivity index (χ1v) is 8.05. The van der Waals surface area contributed by atoms with E-state index < -0.39 is 86.1 Å². The lowest BCUT2D eigenvalue weighted by molar-refractivity contribution is -0.844. The molecule has 0 fully saturated rings. The van der Waals surface area contributed by atoms with Crippen LogP contribution in [0, 0.1) is 60.7 Å². The van der Waals surface area contributed by atoms with Gasteiger partial charge in [-0.05, 0) is 0 Å². The molecule has 0 aliphatic heterocycles. The van der Waals surface area contributed by atoms with E-state index in [1.165, 1.54) is 0 Å². The average molecular weight is 570 g/mol. The zero-order valence-corrected chi connectivity index (χ0v) is 16.8. The molecule has 0 aromatic heterocycles. The molecule has 0 N–H and O–H groups in total. The highest BCUT2D eigenvalue weighted by Gasteiger charge is 2.66. The maximum absolute atomic E-state index is 14.0. The van der Waals surface area contributed by atoms with Gasteiger partial charge < -0.3 is 0 Å². The van der Waals surface area contributed by atoms with Crippen molar-refractivity contribution in [3.05, 3.63) is 60.7 Å². The Morgan fingerprint density at radius 2 is 0.622 bits per heavy atom. The number of nitrogens with zero attached hydrogens (tertiary/aromatic N) is 6. The summed E-state index contributed by atoms with van der Waals surface area (Å²) in [7, 11) is 0. The Hall–Kier alpha value is -4.18. The number of alkyl halides is 6. The lowest BCUT2D eigenvalue weighted by Crippen LogP contribution is -2.57. The smallest absolute Gasteiger partial charge is 0.294 e. The second-order valence-corrected chi connectivity index (χ2v) is 5.97. The molecule has 0 atom stereocenters. The van der Waals surface area contributed by atoms with Crippen LogP contribution < -0.4 is 0 Å².